The van der Waals surface area contributed by atoms with Gasteiger partial charge in [-0.3, -0.25) is 14.5 Å². The maximum Gasteiger partial charge on any atom is 0.301 e. The Hall–Kier alpha value is -4.24. The van der Waals surface area contributed by atoms with Gasteiger partial charge in [0, 0.05) is 5.56 Å². The lowest BCUT2D eigenvalue weighted by molar-refractivity contribution is -0.132. The van der Waals surface area contributed by atoms with Gasteiger partial charge in [-0.15, -0.1) is 0 Å². The van der Waals surface area contributed by atoms with Crippen molar-refractivity contribution in [3.05, 3.63) is 88.2 Å². The van der Waals surface area contributed by atoms with Crippen molar-refractivity contribution in [1.29, 1.82) is 0 Å². The minimum Gasteiger partial charge on any atom is -0.507 e. The van der Waals surface area contributed by atoms with Gasteiger partial charge in [-0.05, 0) is 86.3 Å². The molecule has 1 atom stereocenters. The molecule has 4 aromatic rings. The molecule has 0 spiro atoms. The Bertz CT molecular complexity index is 1660. The number of anilines is 1. The molecule has 3 aromatic carbocycles. The number of aliphatic hydroxyl groups excluding tert-OH is 1. The summed E-state index contributed by atoms with van der Waals surface area (Å²) in [5.41, 5.74) is 3.38. The maximum atomic E-state index is 13.7. The van der Waals surface area contributed by atoms with E-state index in [1.165, 1.54) is 40.5 Å². The summed E-state index contributed by atoms with van der Waals surface area (Å²) < 4.78 is 26.4. The number of halogens is 1. The average Bonchev–Trinajstić information content (AvgIpc) is 3.48. The number of rotatable bonds is 9. The zero-order valence-electron chi connectivity index (χ0n) is 23.4. The van der Waals surface area contributed by atoms with Crippen molar-refractivity contribution in [3.8, 4) is 11.5 Å². The minimum absolute atomic E-state index is 0.115. The number of nitrogens with zero attached hydrogens (tertiary/aromatic N) is 2. The maximum absolute atomic E-state index is 13.7. The number of ether oxygens (including phenoxy) is 2. The van der Waals surface area contributed by atoms with E-state index in [1.54, 1.807) is 18.2 Å². The first-order chi connectivity index (χ1) is 19.7. The van der Waals surface area contributed by atoms with Crippen LogP contribution in [0.3, 0.4) is 0 Å². The van der Waals surface area contributed by atoms with Crippen molar-refractivity contribution < 1.29 is 28.6 Å². The molecule has 1 unspecified atom stereocenters. The Kier molecular flexibility index (Phi) is 8.08. The highest BCUT2D eigenvalue weighted by molar-refractivity contribution is 7.22. The molecule has 1 fully saturated rings. The predicted molar refractivity (Wildman–Crippen MR) is 158 cm³/mol. The first kappa shape index (κ1) is 28.3. The highest BCUT2D eigenvalue weighted by Gasteiger charge is 2.48. The number of amides is 1. The first-order valence-corrected chi connectivity index (χ1v) is 14.4. The number of aryl methyl sites for hydroxylation is 2. The van der Waals surface area contributed by atoms with E-state index in [-0.39, 0.29) is 11.1 Å². The number of carbonyl (C=O) groups is 2. The lowest BCUT2D eigenvalue weighted by Crippen LogP contribution is -2.29. The molecule has 1 aliphatic rings. The van der Waals surface area contributed by atoms with E-state index in [4.69, 9.17) is 14.5 Å². The first-order valence-electron chi connectivity index (χ1n) is 13.6. The van der Waals surface area contributed by atoms with Crippen LogP contribution in [0.5, 0.6) is 11.5 Å². The van der Waals surface area contributed by atoms with E-state index in [9.17, 15) is 19.1 Å². The molecular weight excluding hydrogens is 543 g/mol. The summed E-state index contributed by atoms with van der Waals surface area (Å²) in [5, 5.41) is 11.7. The van der Waals surface area contributed by atoms with Gasteiger partial charge in [0.15, 0.2) is 16.6 Å². The molecule has 1 N–H and O–H groups in total. The van der Waals surface area contributed by atoms with Gasteiger partial charge in [0.25, 0.3) is 5.78 Å². The average molecular weight is 575 g/mol. The molecule has 0 bridgehead atoms. The third kappa shape index (κ3) is 5.41. The fourth-order valence-electron chi connectivity index (χ4n) is 4.98. The van der Waals surface area contributed by atoms with Gasteiger partial charge in [0.05, 0.1) is 35.0 Å². The van der Waals surface area contributed by atoms with Crippen LogP contribution in [0.2, 0.25) is 0 Å². The van der Waals surface area contributed by atoms with Crippen LogP contribution < -0.4 is 14.4 Å². The summed E-state index contributed by atoms with van der Waals surface area (Å²) in [6.07, 6.45) is 1.85. The number of carbonyl (C=O) groups excluding carboxylic acids is 2. The lowest BCUT2D eigenvalue weighted by Gasteiger charge is -2.24. The minimum atomic E-state index is -1.01. The second-order valence-corrected chi connectivity index (χ2v) is 11.0. The SMILES string of the molecule is CCCCOc1ccc(C2C(=C(O)c3ccc(F)cc3)C(=O)C(=O)N2c2nc3c(C)cc(C)cc3s2)cc1OCC. The molecule has 0 saturated carbocycles. The van der Waals surface area contributed by atoms with Gasteiger partial charge in [-0.1, -0.05) is 36.8 Å². The highest BCUT2D eigenvalue weighted by atomic mass is 32.1. The normalized spacial score (nSPS) is 16.5. The number of Topliss-reactive ketones (excluding diaryl/α,β-unsaturated/α-hetero) is 1. The molecule has 1 aliphatic heterocycles. The molecule has 7 nitrogen and oxygen atoms in total. The summed E-state index contributed by atoms with van der Waals surface area (Å²) in [4.78, 5) is 33.3. The second-order valence-electron chi connectivity index (χ2n) is 9.94. The number of benzene rings is 3. The monoisotopic (exact) mass is 574 g/mol. The van der Waals surface area contributed by atoms with E-state index in [0.29, 0.717) is 35.4 Å². The van der Waals surface area contributed by atoms with Gasteiger partial charge in [-0.25, -0.2) is 9.37 Å². The lowest BCUT2D eigenvalue weighted by atomic mass is 9.95. The molecule has 1 aromatic heterocycles. The molecule has 1 saturated heterocycles. The van der Waals surface area contributed by atoms with Crippen LogP contribution in [0.1, 0.15) is 55.0 Å². The van der Waals surface area contributed by atoms with Crippen LogP contribution in [-0.2, 0) is 9.59 Å². The van der Waals surface area contributed by atoms with Gasteiger partial charge in [0.2, 0.25) is 0 Å². The largest absolute Gasteiger partial charge is 0.507 e. The summed E-state index contributed by atoms with van der Waals surface area (Å²) >= 11 is 1.30. The number of aliphatic hydroxyl groups is 1. The Morgan fingerprint density at radius 1 is 1.02 bits per heavy atom. The highest BCUT2D eigenvalue weighted by Crippen LogP contribution is 2.46. The van der Waals surface area contributed by atoms with Gasteiger partial charge >= 0.3 is 5.91 Å². The molecule has 0 aliphatic carbocycles. The number of aromatic nitrogens is 1. The number of hydrogen-bond acceptors (Lipinski definition) is 7. The summed E-state index contributed by atoms with van der Waals surface area (Å²) in [6.45, 7) is 8.76. The fourth-order valence-corrected chi connectivity index (χ4v) is 6.15. The molecule has 1 amide bonds. The van der Waals surface area contributed by atoms with Gasteiger partial charge in [0.1, 0.15) is 11.6 Å². The number of thiazole rings is 1. The fraction of sp³-hybridized carbons (Fsp3) is 0.281. The van der Waals surface area contributed by atoms with Gasteiger partial charge < -0.3 is 14.6 Å². The quantitative estimate of drug-likeness (QED) is 0.0980. The van der Waals surface area contributed by atoms with Crippen molar-refractivity contribution in [1.82, 2.24) is 4.98 Å². The predicted octanol–water partition coefficient (Wildman–Crippen LogP) is 7.26. The molecule has 41 heavy (non-hydrogen) atoms. The summed E-state index contributed by atoms with van der Waals surface area (Å²) in [5.74, 6) is -1.54. The number of unbranched alkanes of at least 4 members (excludes halogenated alkanes) is 1. The van der Waals surface area contributed by atoms with E-state index >= 15 is 0 Å². The van der Waals surface area contributed by atoms with Crippen LogP contribution in [0.4, 0.5) is 9.52 Å². The van der Waals surface area contributed by atoms with Crippen molar-refractivity contribution in [2.75, 3.05) is 18.1 Å². The van der Waals surface area contributed by atoms with E-state index in [1.807, 2.05) is 32.9 Å². The number of hydrogen-bond donors (Lipinski definition) is 1. The molecule has 9 heteroatoms. The Morgan fingerprint density at radius 3 is 2.49 bits per heavy atom. The smallest absolute Gasteiger partial charge is 0.301 e. The number of ketones is 1. The van der Waals surface area contributed by atoms with Crippen LogP contribution in [0.15, 0.2) is 60.2 Å². The molecular formula is C32H31FN2O5S. The van der Waals surface area contributed by atoms with E-state index in [0.717, 1.165) is 34.2 Å². The van der Waals surface area contributed by atoms with Crippen LogP contribution in [0.25, 0.3) is 16.0 Å². The third-order valence-corrected chi connectivity index (χ3v) is 7.93. The Balaban J connectivity index is 1.70. The van der Waals surface area contributed by atoms with E-state index in [2.05, 4.69) is 6.92 Å². The molecule has 2 heterocycles. The van der Waals surface area contributed by atoms with Crippen molar-refractivity contribution >= 4 is 44.1 Å². The standard InChI is InChI=1S/C32H31FN2O5S/c1-5-7-14-40-23-13-10-21(17-24(23)39-6-2)28-26(29(36)20-8-11-22(33)12-9-20)30(37)31(38)35(28)32-34-27-19(4)15-18(3)16-25(27)41-32/h8-13,15-17,28,36H,5-7,14H2,1-4H3. The van der Waals surface area contributed by atoms with Crippen LogP contribution in [-0.4, -0.2) is 35.0 Å². The summed E-state index contributed by atoms with van der Waals surface area (Å²) in [6, 6.07) is 13.3. The second kappa shape index (κ2) is 11.7. The zero-order valence-corrected chi connectivity index (χ0v) is 24.2. The topological polar surface area (TPSA) is 89.0 Å². The molecule has 0 radical (unpaired) electrons. The van der Waals surface area contributed by atoms with E-state index < -0.39 is 29.3 Å². The third-order valence-electron chi connectivity index (χ3n) is 6.93. The number of fused-ring (bicyclic) bond motifs is 1. The zero-order chi connectivity index (χ0) is 29.3. The Morgan fingerprint density at radius 2 is 1.78 bits per heavy atom. The summed E-state index contributed by atoms with van der Waals surface area (Å²) in [7, 11) is 0. The van der Waals surface area contributed by atoms with Gasteiger partial charge in [-0.2, -0.15) is 0 Å². The van der Waals surface area contributed by atoms with Crippen molar-refractivity contribution in [2.45, 2.75) is 46.6 Å². The Labute approximate surface area is 241 Å². The van der Waals surface area contributed by atoms with Crippen LogP contribution in [0, 0.1) is 19.7 Å². The molecule has 5 rings (SSSR count). The molecule has 212 valence electrons. The van der Waals surface area contributed by atoms with Crippen molar-refractivity contribution in [3.63, 3.8) is 0 Å². The van der Waals surface area contributed by atoms with Crippen molar-refractivity contribution in [2.24, 2.45) is 0 Å². The van der Waals surface area contributed by atoms with Crippen LogP contribution >= 0.6 is 11.3 Å².